The van der Waals surface area contributed by atoms with Gasteiger partial charge in [0.25, 0.3) is 5.92 Å². The van der Waals surface area contributed by atoms with Crippen LogP contribution in [0, 0.1) is 11.6 Å². The lowest BCUT2D eigenvalue weighted by Gasteiger charge is -2.43. The molecule has 8 heteroatoms. The maximum Gasteiger partial charge on any atom is 0.282 e. The molecular weight excluding hydrogens is 362 g/mol. The van der Waals surface area contributed by atoms with E-state index in [9.17, 15) is 22.4 Å². The molecule has 2 aromatic rings. The van der Waals surface area contributed by atoms with E-state index in [0.717, 1.165) is 17.7 Å². The van der Waals surface area contributed by atoms with E-state index >= 15 is 0 Å². The first kappa shape index (κ1) is 16.6. The zero-order chi connectivity index (χ0) is 19.0. The predicted molar refractivity (Wildman–Crippen MR) is 87.2 cm³/mol. The number of halogens is 4. The van der Waals surface area contributed by atoms with E-state index in [2.05, 4.69) is 10.2 Å². The first-order chi connectivity index (χ1) is 12.8. The lowest BCUT2D eigenvalue weighted by atomic mass is 9.80. The van der Waals surface area contributed by atoms with Crippen molar-refractivity contribution in [3.8, 4) is 11.3 Å². The Kier molecular flexibility index (Phi) is 3.25. The Labute approximate surface area is 152 Å². The molecule has 3 aliphatic rings. The second-order valence-corrected chi connectivity index (χ2v) is 7.67. The van der Waals surface area contributed by atoms with Crippen LogP contribution in [-0.4, -0.2) is 40.0 Å². The third-order valence-corrected chi connectivity index (χ3v) is 5.99. The number of carbonyl (C=O) groups excluding carboxylic acids is 1. The highest BCUT2D eigenvalue weighted by molar-refractivity contribution is 5.91. The zero-order valence-corrected chi connectivity index (χ0v) is 14.2. The summed E-state index contributed by atoms with van der Waals surface area (Å²) in [5.41, 5.74) is 0.109. The van der Waals surface area contributed by atoms with Crippen LogP contribution in [0.3, 0.4) is 0 Å². The van der Waals surface area contributed by atoms with E-state index < -0.39 is 36.1 Å². The van der Waals surface area contributed by atoms with E-state index in [1.165, 1.54) is 11.0 Å². The fourth-order valence-electron chi connectivity index (χ4n) is 4.73. The summed E-state index contributed by atoms with van der Waals surface area (Å²) in [7, 11) is 0. The number of rotatable bonds is 2. The molecule has 1 saturated carbocycles. The van der Waals surface area contributed by atoms with Crippen molar-refractivity contribution in [1.82, 2.24) is 15.1 Å². The molecule has 1 aromatic carbocycles. The van der Waals surface area contributed by atoms with Crippen molar-refractivity contribution in [2.24, 2.45) is 0 Å². The maximum atomic E-state index is 14.1. The molecule has 5 rings (SSSR count). The Morgan fingerprint density at radius 3 is 2.52 bits per heavy atom. The van der Waals surface area contributed by atoms with Crippen molar-refractivity contribution < 1.29 is 22.4 Å². The standard InChI is InChI=1S/C19H15F4N3O/c20-12-2-1-3-13(21)15(12)14-6-11-10-4-5-18(7-10,16(11)25-24-14)17(27)26-8-19(22,23)9-26/h1-3,6,10H,4-5,7-9H2/t10-,18-/m1/s1. The predicted octanol–water partition coefficient (Wildman–Crippen LogP) is 3.42. The lowest BCUT2D eigenvalue weighted by molar-refractivity contribution is -0.171. The number of amides is 1. The van der Waals surface area contributed by atoms with Crippen LogP contribution in [0.2, 0.25) is 0 Å². The summed E-state index contributed by atoms with van der Waals surface area (Å²) in [6, 6.07) is 5.16. The number of carbonyl (C=O) groups is 1. The average Bonchev–Trinajstić information content (AvgIpc) is 3.17. The van der Waals surface area contributed by atoms with Crippen molar-refractivity contribution >= 4 is 5.91 Å². The highest BCUT2D eigenvalue weighted by Crippen LogP contribution is 2.58. The van der Waals surface area contributed by atoms with Gasteiger partial charge in [-0.25, -0.2) is 17.6 Å². The van der Waals surface area contributed by atoms with Crippen LogP contribution in [0.15, 0.2) is 24.3 Å². The van der Waals surface area contributed by atoms with Gasteiger partial charge in [0, 0.05) is 0 Å². The largest absolute Gasteiger partial charge is 0.330 e. The molecular formula is C19H15F4N3O. The van der Waals surface area contributed by atoms with Gasteiger partial charge < -0.3 is 4.90 Å². The first-order valence-electron chi connectivity index (χ1n) is 8.80. The second kappa shape index (κ2) is 5.27. The van der Waals surface area contributed by atoms with E-state index in [1.54, 1.807) is 6.07 Å². The van der Waals surface area contributed by atoms with Crippen molar-refractivity contribution in [2.75, 3.05) is 13.1 Å². The van der Waals surface area contributed by atoms with Gasteiger partial charge in [0.2, 0.25) is 5.91 Å². The summed E-state index contributed by atoms with van der Waals surface area (Å²) >= 11 is 0. The summed E-state index contributed by atoms with van der Waals surface area (Å²) in [5.74, 6) is -4.62. The number of fused-ring (bicyclic) bond motifs is 5. The van der Waals surface area contributed by atoms with Crippen LogP contribution in [0.5, 0.6) is 0 Å². The fourth-order valence-corrected chi connectivity index (χ4v) is 4.73. The molecule has 4 nitrogen and oxygen atoms in total. The number of hydrogen-bond donors (Lipinski definition) is 0. The van der Waals surface area contributed by atoms with Crippen molar-refractivity contribution in [3.63, 3.8) is 0 Å². The number of aromatic nitrogens is 2. The summed E-state index contributed by atoms with van der Waals surface area (Å²) in [4.78, 5) is 14.1. The number of benzene rings is 1. The number of nitrogens with zero attached hydrogens (tertiary/aromatic N) is 3. The van der Waals surface area contributed by atoms with Crippen molar-refractivity contribution in [3.05, 3.63) is 47.2 Å². The van der Waals surface area contributed by atoms with E-state index in [4.69, 9.17) is 0 Å². The molecule has 2 fully saturated rings. The molecule has 1 aliphatic heterocycles. The summed E-state index contributed by atoms with van der Waals surface area (Å²) in [6.07, 6.45) is 1.74. The maximum absolute atomic E-state index is 14.1. The molecule has 0 spiro atoms. The number of hydrogen-bond acceptors (Lipinski definition) is 3. The highest BCUT2D eigenvalue weighted by atomic mass is 19.3. The third kappa shape index (κ3) is 2.25. The van der Waals surface area contributed by atoms with Gasteiger partial charge in [0.05, 0.1) is 35.5 Å². The molecule has 2 bridgehead atoms. The molecule has 1 saturated heterocycles. The van der Waals surface area contributed by atoms with Gasteiger partial charge in [-0.15, -0.1) is 5.10 Å². The summed E-state index contributed by atoms with van der Waals surface area (Å²) in [5, 5.41) is 8.12. The van der Waals surface area contributed by atoms with E-state index in [1.807, 2.05) is 0 Å². The van der Waals surface area contributed by atoms with Gasteiger partial charge in [0.15, 0.2) is 0 Å². The lowest BCUT2D eigenvalue weighted by Crippen LogP contribution is -2.62. The van der Waals surface area contributed by atoms with Crippen LogP contribution in [-0.2, 0) is 10.2 Å². The van der Waals surface area contributed by atoms with Crippen LogP contribution < -0.4 is 0 Å². The van der Waals surface area contributed by atoms with Crippen molar-refractivity contribution in [2.45, 2.75) is 36.5 Å². The smallest absolute Gasteiger partial charge is 0.282 e. The Morgan fingerprint density at radius 1 is 1.15 bits per heavy atom. The zero-order valence-electron chi connectivity index (χ0n) is 14.2. The van der Waals surface area contributed by atoms with Gasteiger partial charge in [-0.05, 0) is 48.9 Å². The minimum absolute atomic E-state index is 0.0230. The molecule has 0 N–H and O–H groups in total. The molecule has 2 aliphatic carbocycles. The fraction of sp³-hybridized carbons (Fsp3) is 0.421. The van der Waals surface area contributed by atoms with Gasteiger partial charge >= 0.3 is 0 Å². The molecule has 140 valence electrons. The van der Waals surface area contributed by atoms with Gasteiger partial charge in [0.1, 0.15) is 11.6 Å². The monoisotopic (exact) mass is 377 g/mol. The van der Waals surface area contributed by atoms with Gasteiger partial charge in [-0.3, -0.25) is 4.79 Å². The summed E-state index contributed by atoms with van der Waals surface area (Å²) in [6.45, 7) is -1.14. The Balaban J connectivity index is 1.54. The van der Waals surface area contributed by atoms with Crippen LogP contribution in [0.4, 0.5) is 17.6 Å². The first-order valence-corrected chi connectivity index (χ1v) is 8.80. The van der Waals surface area contributed by atoms with Gasteiger partial charge in [-0.2, -0.15) is 5.10 Å². The average molecular weight is 377 g/mol. The molecule has 2 heterocycles. The molecule has 1 amide bonds. The number of alkyl halides is 2. The molecule has 1 aromatic heterocycles. The van der Waals surface area contributed by atoms with Gasteiger partial charge in [-0.1, -0.05) is 6.07 Å². The van der Waals surface area contributed by atoms with Crippen LogP contribution in [0.1, 0.15) is 36.4 Å². The quantitative estimate of drug-likeness (QED) is 0.754. The number of likely N-dealkylation sites (tertiary alicyclic amines) is 1. The molecule has 0 radical (unpaired) electrons. The molecule has 0 unspecified atom stereocenters. The Morgan fingerprint density at radius 2 is 1.85 bits per heavy atom. The van der Waals surface area contributed by atoms with E-state index in [-0.39, 0.29) is 23.1 Å². The van der Waals surface area contributed by atoms with Crippen molar-refractivity contribution in [1.29, 1.82) is 0 Å². The Hall–Kier alpha value is -2.51. The minimum atomic E-state index is -2.83. The topological polar surface area (TPSA) is 46.1 Å². The van der Waals surface area contributed by atoms with Crippen LogP contribution in [0.25, 0.3) is 11.3 Å². The molecule has 2 atom stereocenters. The second-order valence-electron chi connectivity index (χ2n) is 7.67. The minimum Gasteiger partial charge on any atom is -0.330 e. The Bertz CT molecular complexity index is 951. The highest BCUT2D eigenvalue weighted by Gasteiger charge is 2.60. The SMILES string of the molecule is O=C(N1CC(F)(F)C1)[C@]12CC[C@H](C1)c1cc(-c3c(F)cccc3F)nnc12. The van der Waals surface area contributed by atoms with E-state index in [0.29, 0.717) is 25.0 Å². The third-order valence-electron chi connectivity index (χ3n) is 5.99. The van der Waals surface area contributed by atoms with Crippen LogP contribution >= 0.6 is 0 Å². The normalized spacial score (nSPS) is 27.4. The molecule has 27 heavy (non-hydrogen) atoms. The summed E-state index contributed by atoms with van der Waals surface area (Å²) < 4.78 is 54.5.